The van der Waals surface area contributed by atoms with E-state index in [1.165, 1.54) is 4.90 Å². The molecule has 0 saturated carbocycles. The molecule has 2 saturated heterocycles. The van der Waals surface area contributed by atoms with Crippen LogP contribution in [0.3, 0.4) is 0 Å². The fourth-order valence-corrected chi connectivity index (χ4v) is 5.59. The molecule has 0 unspecified atom stereocenters. The predicted octanol–water partition coefficient (Wildman–Crippen LogP) is 5.66. The highest BCUT2D eigenvalue weighted by molar-refractivity contribution is 5.79. The summed E-state index contributed by atoms with van der Waals surface area (Å²) in [6, 6.07) is 38.6. The molecule has 5 atom stereocenters. The molecule has 0 radical (unpaired) electrons. The van der Waals surface area contributed by atoms with Gasteiger partial charge in [-0.25, -0.2) is 4.79 Å². The Morgan fingerprint density at radius 3 is 1.67 bits per heavy atom. The Bertz CT molecular complexity index is 1520. The number of rotatable bonds is 12. The van der Waals surface area contributed by atoms with Crippen LogP contribution in [0.2, 0.25) is 0 Å². The van der Waals surface area contributed by atoms with Gasteiger partial charge in [-0.2, -0.15) is 0 Å². The Labute approximate surface area is 268 Å². The van der Waals surface area contributed by atoms with E-state index in [0.29, 0.717) is 6.61 Å². The van der Waals surface area contributed by atoms with E-state index in [1.807, 2.05) is 121 Å². The van der Waals surface area contributed by atoms with Gasteiger partial charge in [0, 0.05) is 0 Å². The Hall–Kier alpha value is -4.54. The van der Waals surface area contributed by atoms with E-state index in [-0.39, 0.29) is 33.0 Å². The van der Waals surface area contributed by atoms with Crippen molar-refractivity contribution in [2.75, 3.05) is 13.2 Å². The van der Waals surface area contributed by atoms with Crippen LogP contribution >= 0.6 is 0 Å². The highest BCUT2D eigenvalue weighted by Crippen LogP contribution is 2.34. The zero-order valence-corrected chi connectivity index (χ0v) is 25.4. The van der Waals surface area contributed by atoms with Gasteiger partial charge in [-0.15, -0.1) is 0 Å². The first-order valence-corrected chi connectivity index (χ1v) is 15.4. The van der Waals surface area contributed by atoms with Crippen molar-refractivity contribution < 1.29 is 38.0 Å². The summed E-state index contributed by atoms with van der Waals surface area (Å²) in [5, 5.41) is 0. The summed E-state index contributed by atoms with van der Waals surface area (Å²) in [4.78, 5) is 27.7. The zero-order chi connectivity index (χ0) is 31.6. The van der Waals surface area contributed by atoms with Crippen LogP contribution in [0.4, 0.5) is 4.79 Å². The van der Waals surface area contributed by atoms with Crippen LogP contribution in [0.1, 0.15) is 22.3 Å². The smallest absolute Gasteiger partial charge is 0.412 e. The molecule has 0 aromatic heterocycles. The number of fused-ring (bicyclic) bond motifs is 1. The fraction of sp³-hybridized carbons (Fsp3) is 0.297. The summed E-state index contributed by atoms with van der Waals surface area (Å²) < 4.78 is 37.3. The molecule has 0 spiro atoms. The van der Waals surface area contributed by atoms with Gasteiger partial charge < -0.3 is 28.4 Å². The Balaban J connectivity index is 1.27. The number of morpholine rings is 1. The van der Waals surface area contributed by atoms with E-state index in [1.54, 1.807) is 0 Å². The van der Waals surface area contributed by atoms with Gasteiger partial charge in [0.1, 0.15) is 31.5 Å². The minimum atomic E-state index is -0.983. The monoisotopic (exact) mass is 623 g/mol. The van der Waals surface area contributed by atoms with Gasteiger partial charge in [0.15, 0.2) is 12.3 Å². The van der Waals surface area contributed by atoms with Gasteiger partial charge in [0.25, 0.3) is 0 Å². The maximum absolute atomic E-state index is 13.5. The molecule has 4 aromatic rings. The Morgan fingerprint density at radius 2 is 1.13 bits per heavy atom. The summed E-state index contributed by atoms with van der Waals surface area (Å²) >= 11 is 0. The molecular weight excluding hydrogens is 586 g/mol. The largest absolute Gasteiger partial charge is 0.453 e. The van der Waals surface area contributed by atoms with Crippen LogP contribution in [0.15, 0.2) is 121 Å². The molecule has 46 heavy (non-hydrogen) atoms. The van der Waals surface area contributed by atoms with Crippen LogP contribution in [0.5, 0.6) is 0 Å². The van der Waals surface area contributed by atoms with E-state index in [2.05, 4.69) is 0 Å². The normalized spacial score (nSPS) is 22.5. The van der Waals surface area contributed by atoms with Gasteiger partial charge in [-0.3, -0.25) is 9.69 Å². The van der Waals surface area contributed by atoms with Crippen molar-refractivity contribution in [1.29, 1.82) is 0 Å². The lowest BCUT2D eigenvalue weighted by molar-refractivity contribution is -0.298. The SMILES string of the molecule is O=C1CN(C(=O)OCc2ccccc2)[C@@H]2O[C@H](COCc3ccccc3)[C@@H](OCc3ccccc3)[C@H](OCc3ccccc3)[C@H]2O1. The van der Waals surface area contributed by atoms with Gasteiger partial charge in [-0.05, 0) is 22.3 Å². The third-order valence-corrected chi connectivity index (χ3v) is 7.89. The standard InChI is InChI=1S/C37H37NO8/c39-32-21-38(37(40)44-25-30-19-11-4-12-20-30)36-35(46-32)34(43-24-29-17-9-3-10-18-29)33(42-23-28-15-7-2-8-16-28)31(45-36)26-41-22-27-13-5-1-6-14-27/h1-20,31,33-36H,21-26H2/t31-,33-,34+,35-,36-/m1/s1. The molecule has 9 nitrogen and oxygen atoms in total. The number of hydrogen-bond acceptors (Lipinski definition) is 8. The van der Waals surface area contributed by atoms with Crippen molar-refractivity contribution in [3.05, 3.63) is 144 Å². The molecule has 0 N–H and O–H groups in total. The second-order valence-electron chi connectivity index (χ2n) is 11.2. The first-order valence-electron chi connectivity index (χ1n) is 15.4. The Kier molecular flexibility index (Phi) is 10.7. The maximum atomic E-state index is 13.5. The fourth-order valence-electron chi connectivity index (χ4n) is 5.59. The van der Waals surface area contributed by atoms with Gasteiger partial charge >= 0.3 is 12.1 Å². The van der Waals surface area contributed by atoms with Crippen LogP contribution in [0.25, 0.3) is 0 Å². The van der Waals surface area contributed by atoms with E-state index in [0.717, 1.165) is 22.3 Å². The van der Waals surface area contributed by atoms with Crippen LogP contribution in [-0.4, -0.2) is 60.8 Å². The molecule has 2 aliphatic rings. The second-order valence-corrected chi connectivity index (χ2v) is 11.2. The highest BCUT2D eigenvalue weighted by atomic mass is 16.7. The molecule has 1 amide bonds. The second kappa shape index (κ2) is 15.6. The molecule has 2 fully saturated rings. The zero-order valence-electron chi connectivity index (χ0n) is 25.4. The van der Waals surface area contributed by atoms with Crippen LogP contribution in [0, 0.1) is 0 Å². The van der Waals surface area contributed by atoms with E-state index >= 15 is 0 Å². The van der Waals surface area contributed by atoms with Gasteiger partial charge in [0.05, 0.1) is 26.4 Å². The van der Waals surface area contributed by atoms with Crippen molar-refractivity contribution in [3.8, 4) is 0 Å². The third kappa shape index (κ3) is 8.18. The number of nitrogens with zero attached hydrogens (tertiary/aromatic N) is 1. The van der Waals surface area contributed by atoms with E-state index < -0.39 is 42.7 Å². The van der Waals surface area contributed by atoms with Gasteiger partial charge in [-0.1, -0.05) is 121 Å². The summed E-state index contributed by atoms with van der Waals surface area (Å²) in [5.74, 6) is -0.588. The highest BCUT2D eigenvalue weighted by Gasteiger charge is 2.55. The average molecular weight is 624 g/mol. The maximum Gasteiger partial charge on any atom is 0.412 e. The first-order chi connectivity index (χ1) is 22.6. The molecular formula is C37H37NO8. The minimum absolute atomic E-state index is 0.0446. The Morgan fingerprint density at radius 1 is 0.652 bits per heavy atom. The number of carbonyl (C=O) groups excluding carboxylic acids is 2. The molecule has 2 aliphatic heterocycles. The van der Waals surface area contributed by atoms with Crippen molar-refractivity contribution in [2.24, 2.45) is 0 Å². The number of amides is 1. The molecule has 2 heterocycles. The topological polar surface area (TPSA) is 92.8 Å². The minimum Gasteiger partial charge on any atom is -0.453 e. The number of hydrogen-bond donors (Lipinski definition) is 0. The van der Waals surface area contributed by atoms with E-state index in [9.17, 15) is 9.59 Å². The summed E-state index contributed by atoms with van der Waals surface area (Å²) in [6.07, 6.45) is -4.81. The predicted molar refractivity (Wildman–Crippen MR) is 168 cm³/mol. The van der Waals surface area contributed by atoms with Crippen molar-refractivity contribution >= 4 is 12.1 Å². The molecule has 4 aromatic carbocycles. The van der Waals surface area contributed by atoms with Gasteiger partial charge in [0.2, 0.25) is 0 Å². The quantitative estimate of drug-likeness (QED) is 0.187. The summed E-state index contributed by atoms with van der Waals surface area (Å²) in [7, 11) is 0. The van der Waals surface area contributed by atoms with E-state index in [4.69, 9.17) is 28.4 Å². The van der Waals surface area contributed by atoms with Crippen LogP contribution < -0.4 is 0 Å². The molecule has 0 bridgehead atoms. The molecule has 9 heteroatoms. The number of esters is 1. The summed E-state index contributed by atoms with van der Waals surface area (Å²) in [6.45, 7) is 0.713. The summed E-state index contributed by atoms with van der Waals surface area (Å²) in [5.41, 5.74) is 3.72. The lowest BCUT2D eigenvalue weighted by Gasteiger charge is -2.50. The molecule has 0 aliphatic carbocycles. The third-order valence-electron chi connectivity index (χ3n) is 7.89. The average Bonchev–Trinajstić information content (AvgIpc) is 3.10. The first kappa shape index (κ1) is 31.4. The van der Waals surface area contributed by atoms with Crippen molar-refractivity contribution in [2.45, 2.75) is 57.1 Å². The van der Waals surface area contributed by atoms with Crippen molar-refractivity contribution in [1.82, 2.24) is 4.90 Å². The number of ether oxygens (including phenoxy) is 6. The van der Waals surface area contributed by atoms with Crippen LogP contribution in [-0.2, 0) is 59.6 Å². The lowest BCUT2D eigenvalue weighted by Crippen LogP contribution is -2.69. The van der Waals surface area contributed by atoms with Crippen molar-refractivity contribution in [3.63, 3.8) is 0 Å². The molecule has 6 rings (SSSR count). The molecule has 238 valence electrons. The number of benzene rings is 4. The lowest BCUT2D eigenvalue weighted by atomic mass is 9.95. The number of carbonyl (C=O) groups is 2.